The number of phenolic OH excluding ortho intramolecular Hbond substituents is 1. The maximum atomic E-state index is 9.66. The molecule has 0 aliphatic carbocycles. The molecular formula is C19H24N6O2. The maximum Gasteiger partial charge on any atom is 0.228 e. The van der Waals surface area contributed by atoms with Crippen molar-refractivity contribution >= 4 is 22.9 Å². The first-order valence-electron chi connectivity index (χ1n) is 9.17. The van der Waals surface area contributed by atoms with Crippen LogP contribution in [-0.4, -0.2) is 45.3 Å². The van der Waals surface area contributed by atoms with Crippen LogP contribution in [-0.2, 0) is 11.3 Å². The Morgan fingerprint density at radius 3 is 2.93 bits per heavy atom. The fourth-order valence-electron chi connectivity index (χ4n) is 3.23. The summed E-state index contributed by atoms with van der Waals surface area (Å²) in [6, 6.07) is 7.16. The monoisotopic (exact) mass is 368 g/mol. The van der Waals surface area contributed by atoms with Gasteiger partial charge in [0.25, 0.3) is 0 Å². The van der Waals surface area contributed by atoms with E-state index in [4.69, 9.17) is 9.72 Å². The summed E-state index contributed by atoms with van der Waals surface area (Å²) in [6.07, 6.45) is 4.94. The lowest BCUT2D eigenvalue weighted by Gasteiger charge is -2.24. The second kappa shape index (κ2) is 7.40. The fraction of sp³-hybridized carbons (Fsp3) is 0.421. The Morgan fingerprint density at radius 2 is 2.19 bits per heavy atom. The highest BCUT2D eigenvalue weighted by Crippen LogP contribution is 2.29. The Balaban J connectivity index is 1.69. The van der Waals surface area contributed by atoms with Gasteiger partial charge >= 0.3 is 0 Å². The second-order valence-corrected chi connectivity index (χ2v) is 6.94. The molecule has 2 aromatic heterocycles. The molecular weight excluding hydrogens is 344 g/mol. The van der Waals surface area contributed by atoms with Crippen LogP contribution in [0.2, 0.25) is 0 Å². The van der Waals surface area contributed by atoms with Gasteiger partial charge in [-0.3, -0.25) is 4.57 Å². The molecule has 142 valence electrons. The van der Waals surface area contributed by atoms with Crippen molar-refractivity contribution in [3.63, 3.8) is 0 Å². The molecule has 3 aromatic rings. The molecule has 8 nitrogen and oxygen atoms in total. The molecule has 1 fully saturated rings. The molecule has 27 heavy (non-hydrogen) atoms. The van der Waals surface area contributed by atoms with Crippen LogP contribution in [0.4, 0.5) is 11.8 Å². The lowest BCUT2D eigenvalue weighted by molar-refractivity contribution is -0.0298. The summed E-state index contributed by atoms with van der Waals surface area (Å²) in [4.78, 5) is 15.7. The quantitative estimate of drug-likeness (QED) is 0.716. The van der Waals surface area contributed by atoms with Gasteiger partial charge in [0, 0.05) is 27.2 Å². The normalized spacial score (nSPS) is 17.2. The summed E-state index contributed by atoms with van der Waals surface area (Å²) >= 11 is 0. The summed E-state index contributed by atoms with van der Waals surface area (Å²) in [5.41, 5.74) is 2.44. The third-order valence-electron chi connectivity index (χ3n) is 4.65. The average molecular weight is 368 g/mol. The van der Waals surface area contributed by atoms with Crippen LogP contribution in [0.15, 0.2) is 30.6 Å². The molecule has 0 saturated carbocycles. The number of nitrogens with one attached hydrogen (secondary N) is 1. The number of aromatic hydroxyl groups is 1. The van der Waals surface area contributed by atoms with Gasteiger partial charge in [-0.05, 0) is 37.0 Å². The molecule has 2 N–H and O–H groups in total. The maximum absolute atomic E-state index is 9.66. The molecule has 0 bridgehead atoms. The number of nitrogens with zero attached hydrogens (tertiary/aromatic N) is 5. The number of ether oxygens (including phenoxy) is 1. The van der Waals surface area contributed by atoms with Crippen molar-refractivity contribution in [2.45, 2.75) is 32.0 Å². The number of imidazole rings is 1. The van der Waals surface area contributed by atoms with Crippen molar-refractivity contribution in [1.29, 1.82) is 0 Å². The molecule has 0 amide bonds. The topological polar surface area (TPSA) is 88.3 Å². The summed E-state index contributed by atoms with van der Waals surface area (Å²) in [5.74, 6) is 1.52. The summed E-state index contributed by atoms with van der Waals surface area (Å²) < 4.78 is 7.92. The minimum Gasteiger partial charge on any atom is -0.508 e. The van der Waals surface area contributed by atoms with Gasteiger partial charge in [-0.1, -0.05) is 12.1 Å². The smallest absolute Gasteiger partial charge is 0.228 e. The molecule has 0 spiro atoms. The molecule has 1 aliphatic heterocycles. The Labute approximate surface area is 157 Å². The van der Waals surface area contributed by atoms with E-state index in [2.05, 4.69) is 15.3 Å². The average Bonchev–Trinajstić information content (AvgIpc) is 3.11. The lowest BCUT2D eigenvalue weighted by Crippen LogP contribution is -2.19. The van der Waals surface area contributed by atoms with Crippen LogP contribution in [0.3, 0.4) is 0 Å². The minimum atomic E-state index is -0.0346. The Hall–Kier alpha value is -2.87. The number of rotatable bonds is 5. The molecule has 1 aliphatic rings. The third kappa shape index (κ3) is 3.66. The molecule has 1 atom stereocenters. The van der Waals surface area contributed by atoms with Crippen LogP contribution in [0.25, 0.3) is 11.2 Å². The molecule has 0 radical (unpaired) electrons. The van der Waals surface area contributed by atoms with Crippen LogP contribution in [0, 0.1) is 0 Å². The van der Waals surface area contributed by atoms with Gasteiger partial charge in [-0.25, -0.2) is 4.98 Å². The third-order valence-corrected chi connectivity index (χ3v) is 4.65. The number of aromatic nitrogens is 4. The van der Waals surface area contributed by atoms with Gasteiger partial charge in [-0.2, -0.15) is 9.97 Å². The number of hydrogen-bond donors (Lipinski definition) is 2. The number of fused-ring (bicyclic) bond motifs is 1. The highest BCUT2D eigenvalue weighted by Gasteiger charge is 2.21. The molecule has 1 aromatic carbocycles. The largest absolute Gasteiger partial charge is 0.508 e. The molecule has 1 saturated heterocycles. The van der Waals surface area contributed by atoms with Gasteiger partial charge in [0.15, 0.2) is 17.0 Å². The molecule has 8 heteroatoms. The van der Waals surface area contributed by atoms with Crippen molar-refractivity contribution in [3.05, 3.63) is 36.2 Å². The summed E-state index contributed by atoms with van der Waals surface area (Å²) in [7, 11) is 3.83. The van der Waals surface area contributed by atoms with E-state index in [-0.39, 0.29) is 12.0 Å². The van der Waals surface area contributed by atoms with Crippen molar-refractivity contribution < 1.29 is 9.84 Å². The van der Waals surface area contributed by atoms with E-state index in [1.807, 2.05) is 35.7 Å². The lowest BCUT2D eigenvalue weighted by atomic mass is 10.2. The SMILES string of the molecule is CN(C)c1nc(NCc2cccc(O)c2)c2ncn(C3CCCCO3)c2n1. The Kier molecular flexibility index (Phi) is 4.81. The van der Waals surface area contributed by atoms with E-state index in [1.165, 1.54) is 0 Å². The Bertz CT molecular complexity index is 933. The van der Waals surface area contributed by atoms with Gasteiger partial charge < -0.3 is 20.1 Å². The van der Waals surface area contributed by atoms with Gasteiger partial charge in [-0.15, -0.1) is 0 Å². The van der Waals surface area contributed by atoms with E-state index in [1.54, 1.807) is 18.5 Å². The number of benzene rings is 1. The van der Waals surface area contributed by atoms with Crippen LogP contribution < -0.4 is 10.2 Å². The van der Waals surface area contributed by atoms with Crippen molar-refractivity contribution in [2.75, 3.05) is 30.9 Å². The van der Waals surface area contributed by atoms with E-state index in [0.717, 1.165) is 42.6 Å². The molecule has 1 unspecified atom stereocenters. The van der Waals surface area contributed by atoms with Gasteiger partial charge in [0.2, 0.25) is 5.95 Å². The zero-order chi connectivity index (χ0) is 18.8. The summed E-state index contributed by atoms with van der Waals surface area (Å²) in [5, 5.41) is 13.0. The predicted octanol–water partition coefficient (Wildman–Crippen LogP) is 2.91. The molecule has 4 rings (SSSR count). The van der Waals surface area contributed by atoms with Gasteiger partial charge in [0.05, 0.1) is 6.33 Å². The molecule has 3 heterocycles. The minimum absolute atomic E-state index is 0.0346. The van der Waals surface area contributed by atoms with E-state index in [9.17, 15) is 5.11 Å². The van der Waals surface area contributed by atoms with Crippen LogP contribution in [0.1, 0.15) is 31.1 Å². The summed E-state index contributed by atoms with van der Waals surface area (Å²) in [6.45, 7) is 1.29. The van der Waals surface area contributed by atoms with Crippen LogP contribution in [0.5, 0.6) is 5.75 Å². The number of hydrogen-bond acceptors (Lipinski definition) is 7. The van der Waals surface area contributed by atoms with E-state index >= 15 is 0 Å². The van der Waals surface area contributed by atoms with Crippen molar-refractivity contribution in [1.82, 2.24) is 19.5 Å². The first-order valence-corrected chi connectivity index (χ1v) is 9.17. The van der Waals surface area contributed by atoms with Gasteiger partial charge in [0.1, 0.15) is 12.0 Å². The van der Waals surface area contributed by atoms with E-state index in [0.29, 0.717) is 18.3 Å². The highest BCUT2D eigenvalue weighted by molar-refractivity contribution is 5.84. The zero-order valence-electron chi connectivity index (χ0n) is 15.6. The van der Waals surface area contributed by atoms with Crippen molar-refractivity contribution in [2.24, 2.45) is 0 Å². The standard InChI is InChI=1S/C19H24N6O2/c1-24(2)19-22-17(20-11-13-6-5-7-14(26)10-13)16-18(23-19)25(12-21-16)15-8-3-4-9-27-15/h5-7,10,12,15,26H,3-4,8-9,11H2,1-2H3,(H,20,22,23). The van der Waals surface area contributed by atoms with Crippen LogP contribution >= 0.6 is 0 Å². The van der Waals surface area contributed by atoms with Crippen molar-refractivity contribution in [3.8, 4) is 5.75 Å². The zero-order valence-corrected chi connectivity index (χ0v) is 15.6. The highest BCUT2D eigenvalue weighted by atomic mass is 16.5. The first-order chi connectivity index (χ1) is 13.1. The first kappa shape index (κ1) is 17.5. The number of anilines is 2. The Morgan fingerprint density at radius 1 is 1.30 bits per heavy atom. The fourth-order valence-corrected chi connectivity index (χ4v) is 3.23. The predicted molar refractivity (Wildman–Crippen MR) is 104 cm³/mol. The second-order valence-electron chi connectivity index (χ2n) is 6.94. The van der Waals surface area contributed by atoms with E-state index < -0.39 is 0 Å². The number of phenols is 1.